The summed E-state index contributed by atoms with van der Waals surface area (Å²) in [6.07, 6.45) is 3.15. The van der Waals surface area contributed by atoms with Gasteiger partial charge in [-0.25, -0.2) is 4.79 Å². The number of para-hydroxylation sites is 2. The van der Waals surface area contributed by atoms with Crippen molar-refractivity contribution in [2.24, 2.45) is 11.8 Å². The van der Waals surface area contributed by atoms with E-state index in [1.54, 1.807) is 6.07 Å². The van der Waals surface area contributed by atoms with Gasteiger partial charge >= 0.3 is 11.7 Å². The lowest BCUT2D eigenvalue weighted by Crippen LogP contribution is -2.45. The highest BCUT2D eigenvalue weighted by Crippen LogP contribution is 2.29. The van der Waals surface area contributed by atoms with Crippen LogP contribution in [0.25, 0.3) is 0 Å². The van der Waals surface area contributed by atoms with Gasteiger partial charge < -0.3 is 14.8 Å². The second kappa shape index (κ2) is 9.17. The van der Waals surface area contributed by atoms with Crippen molar-refractivity contribution in [1.29, 1.82) is 0 Å². The molecule has 1 amide bonds. The third-order valence-corrected chi connectivity index (χ3v) is 4.82. The van der Waals surface area contributed by atoms with E-state index in [1.165, 1.54) is 18.2 Å². The number of nitro groups is 1. The summed E-state index contributed by atoms with van der Waals surface area (Å²) in [5.74, 6) is -0.209. The number of esters is 1. The van der Waals surface area contributed by atoms with Gasteiger partial charge in [0.25, 0.3) is 5.91 Å². The largest absolute Gasteiger partial charge is 0.475 e. The predicted octanol–water partition coefficient (Wildman–Crippen LogP) is 2.46. The molecule has 1 N–H and O–H groups in total. The van der Waals surface area contributed by atoms with Crippen molar-refractivity contribution in [3.05, 3.63) is 34.4 Å². The molecule has 2 rings (SSSR count). The van der Waals surface area contributed by atoms with Crippen molar-refractivity contribution in [3.8, 4) is 5.75 Å². The Labute approximate surface area is 152 Å². The topological polar surface area (TPSA) is 108 Å². The number of nitro benzene ring substituents is 1. The van der Waals surface area contributed by atoms with Crippen LogP contribution in [0.15, 0.2) is 24.3 Å². The molecule has 0 bridgehead atoms. The van der Waals surface area contributed by atoms with Gasteiger partial charge in [-0.3, -0.25) is 14.9 Å². The Hall–Kier alpha value is -2.64. The lowest BCUT2D eigenvalue weighted by atomic mass is 9.78. The molecule has 0 aromatic heterocycles. The summed E-state index contributed by atoms with van der Waals surface area (Å²) in [5, 5.41) is 13.8. The summed E-state index contributed by atoms with van der Waals surface area (Å²) < 4.78 is 10.0. The number of amides is 1. The van der Waals surface area contributed by atoms with E-state index in [0.717, 1.165) is 19.3 Å². The molecule has 1 aromatic rings. The molecule has 0 radical (unpaired) electrons. The van der Waals surface area contributed by atoms with Crippen LogP contribution < -0.4 is 10.1 Å². The third kappa shape index (κ3) is 5.44. The summed E-state index contributed by atoms with van der Waals surface area (Å²) >= 11 is 0. The molecule has 8 heteroatoms. The fraction of sp³-hybridized carbons (Fsp3) is 0.556. The SMILES string of the molecule is C[C@H]1[C@H](C)CCC[C@@H]1NC(=O)COC(=O)COc1ccccc1[N+](=O)[O-]. The maximum atomic E-state index is 12.0. The van der Waals surface area contributed by atoms with Gasteiger partial charge in [0.05, 0.1) is 4.92 Å². The third-order valence-electron chi connectivity index (χ3n) is 4.82. The number of hydrogen-bond acceptors (Lipinski definition) is 6. The van der Waals surface area contributed by atoms with E-state index >= 15 is 0 Å². The molecule has 1 saturated carbocycles. The van der Waals surface area contributed by atoms with E-state index in [-0.39, 0.29) is 23.4 Å². The van der Waals surface area contributed by atoms with Gasteiger partial charge in [-0.15, -0.1) is 0 Å². The minimum atomic E-state index is -0.761. The highest BCUT2D eigenvalue weighted by atomic mass is 16.6. The Balaban J connectivity index is 1.75. The normalized spacial score (nSPS) is 22.3. The molecule has 1 aliphatic carbocycles. The number of hydrogen-bond donors (Lipinski definition) is 1. The molecule has 142 valence electrons. The van der Waals surface area contributed by atoms with E-state index in [9.17, 15) is 19.7 Å². The fourth-order valence-electron chi connectivity index (χ4n) is 3.09. The molecular formula is C18H24N2O6. The first-order valence-corrected chi connectivity index (χ1v) is 8.69. The monoisotopic (exact) mass is 364 g/mol. The fourth-order valence-corrected chi connectivity index (χ4v) is 3.09. The molecule has 26 heavy (non-hydrogen) atoms. The van der Waals surface area contributed by atoms with E-state index in [4.69, 9.17) is 9.47 Å². The first-order chi connectivity index (χ1) is 12.4. The van der Waals surface area contributed by atoms with E-state index in [2.05, 4.69) is 19.2 Å². The first kappa shape index (κ1) is 19.7. The van der Waals surface area contributed by atoms with E-state index in [1.807, 2.05) is 0 Å². The van der Waals surface area contributed by atoms with Crippen molar-refractivity contribution in [2.45, 2.75) is 39.2 Å². The second-order valence-corrected chi connectivity index (χ2v) is 6.62. The molecule has 0 unspecified atom stereocenters. The van der Waals surface area contributed by atoms with Crippen LogP contribution in [0, 0.1) is 22.0 Å². The van der Waals surface area contributed by atoms with Crippen LogP contribution in [-0.4, -0.2) is 36.1 Å². The van der Waals surface area contributed by atoms with Gasteiger partial charge in [0.15, 0.2) is 19.0 Å². The predicted molar refractivity (Wildman–Crippen MR) is 93.7 cm³/mol. The molecule has 0 aliphatic heterocycles. The number of carbonyl (C=O) groups excluding carboxylic acids is 2. The van der Waals surface area contributed by atoms with Gasteiger partial charge in [0.1, 0.15) is 0 Å². The summed E-state index contributed by atoms with van der Waals surface area (Å²) in [4.78, 5) is 34.0. The van der Waals surface area contributed by atoms with Crippen LogP contribution in [-0.2, 0) is 14.3 Å². The van der Waals surface area contributed by atoms with Crippen molar-refractivity contribution < 1.29 is 24.0 Å². The summed E-state index contributed by atoms with van der Waals surface area (Å²) in [6, 6.07) is 5.83. The van der Waals surface area contributed by atoms with Crippen molar-refractivity contribution in [1.82, 2.24) is 5.32 Å². The number of carbonyl (C=O) groups is 2. The number of ether oxygens (including phenoxy) is 2. The Morgan fingerprint density at radius 3 is 2.69 bits per heavy atom. The van der Waals surface area contributed by atoms with Gasteiger partial charge in [-0.2, -0.15) is 0 Å². The Kier molecular flexibility index (Phi) is 6.94. The molecule has 0 heterocycles. The van der Waals surface area contributed by atoms with Crippen molar-refractivity contribution >= 4 is 17.6 Å². The zero-order valence-corrected chi connectivity index (χ0v) is 15.0. The lowest BCUT2D eigenvalue weighted by Gasteiger charge is -2.34. The zero-order valence-electron chi connectivity index (χ0n) is 15.0. The number of nitrogens with zero attached hydrogens (tertiary/aromatic N) is 1. The van der Waals surface area contributed by atoms with Gasteiger partial charge in [-0.05, 0) is 24.3 Å². The molecule has 1 fully saturated rings. The van der Waals surface area contributed by atoms with Crippen LogP contribution in [0.2, 0.25) is 0 Å². The molecule has 1 aromatic carbocycles. The maximum absolute atomic E-state index is 12.0. The van der Waals surface area contributed by atoms with E-state index in [0.29, 0.717) is 11.8 Å². The minimum absolute atomic E-state index is 0.0241. The number of benzene rings is 1. The number of nitrogens with one attached hydrogen (secondary N) is 1. The van der Waals surface area contributed by atoms with Gasteiger partial charge in [0.2, 0.25) is 0 Å². The first-order valence-electron chi connectivity index (χ1n) is 8.69. The van der Waals surface area contributed by atoms with Gasteiger partial charge in [0, 0.05) is 12.1 Å². The number of rotatable bonds is 7. The summed E-state index contributed by atoms with van der Waals surface area (Å²) in [7, 11) is 0. The van der Waals surface area contributed by atoms with Crippen LogP contribution in [0.3, 0.4) is 0 Å². The van der Waals surface area contributed by atoms with Crippen LogP contribution in [0.4, 0.5) is 5.69 Å². The molecule has 3 atom stereocenters. The van der Waals surface area contributed by atoms with Crippen LogP contribution in [0.1, 0.15) is 33.1 Å². The smallest absolute Gasteiger partial charge is 0.344 e. The summed E-state index contributed by atoms with van der Waals surface area (Å²) in [6.45, 7) is 3.39. The molecule has 0 spiro atoms. The Morgan fingerprint density at radius 1 is 1.23 bits per heavy atom. The summed E-state index contributed by atoms with van der Waals surface area (Å²) in [5.41, 5.74) is -0.238. The second-order valence-electron chi connectivity index (χ2n) is 6.62. The quantitative estimate of drug-likeness (QED) is 0.452. The van der Waals surface area contributed by atoms with E-state index < -0.39 is 24.1 Å². The molecular weight excluding hydrogens is 340 g/mol. The van der Waals surface area contributed by atoms with Crippen molar-refractivity contribution in [2.75, 3.05) is 13.2 Å². The highest BCUT2D eigenvalue weighted by Gasteiger charge is 2.28. The average Bonchev–Trinajstić information content (AvgIpc) is 2.62. The Morgan fingerprint density at radius 2 is 1.96 bits per heavy atom. The lowest BCUT2D eigenvalue weighted by molar-refractivity contribution is -0.385. The minimum Gasteiger partial charge on any atom is -0.475 e. The zero-order chi connectivity index (χ0) is 19.1. The highest BCUT2D eigenvalue weighted by molar-refractivity contribution is 5.81. The van der Waals surface area contributed by atoms with Crippen molar-refractivity contribution in [3.63, 3.8) is 0 Å². The average molecular weight is 364 g/mol. The standard InChI is InChI=1S/C18H24N2O6/c1-12-6-5-7-14(13(12)2)19-17(21)10-26-18(22)11-25-16-9-4-3-8-15(16)20(23)24/h3-4,8-9,12-14H,5-7,10-11H2,1-2H3,(H,19,21)/t12-,13+,14+/m1/s1. The van der Waals surface area contributed by atoms with Gasteiger partial charge in [-0.1, -0.05) is 38.8 Å². The molecule has 0 saturated heterocycles. The van der Waals surface area contributed by atoms with Crippen LogP contribution in [0.5, 0.6) is 5.75 Å². The van der Waals surface area contributed by atoms with Crippen LogP contribution >= 0.6 is 0 Å². The maximum Gasteiger partial charge on any atom is 0.344 e. The molecule has 1 aliphatic rings. The molecule has 8 nitrogen and oxygen atoms in total. The Bertz CT molecular complexity index is 663.